The van der Waals surface area contributed by atoms with Gasteiger partial charge in [-0.05, 0) is 12.8 Å². The lowest BCUT2D eigenvalue weighted by Gasteiger charge is -2.29. The van der Waals surface area contributed by atoms with E-state index in [1.54, 1.807) is 0 Å². The summed E-state index contributed by atoms with van der Waals surface area (Å²) >= 11 is 3.53. The number of hydrogen-bond acceptors (Lipinski definition) is 0. The lowest BCUT2D eigenvalue weighted by molar-refractivity contribution is -0.890. The van der Waals surface area contributed by atoms with Crippen LogP contribution in [0.2, 0.25) is 0 Å². The Hall–Kier alpha value is 0.440. The second kappa shape index (κ2) is 15.3. The van der Waals surface area contributed by atoms with E-state index >= 15 is 0 Å². The van der Waals surface area contributed by atoms with E-state index in [9.17, 15) is 0 Å². The monoisotopic (exact) mass is 362 g/mol. The Balaban J connectivity index is 3.18. The van der Waals surface area contributed by atoms with Gasteiger partial charge in [0.2, 0.25) is 0 Å². The van der Waals surface area contributed by atoms with Crippen LogP contribution in [0.4, 0.5) is 0 Å². The molecule has 0 saturated carbocycles. The van der Waals surface area contributed by atoms with Crippen LogP contribution in [-0.4, -0.2) is 37.0 Å². The van der Waals surface area contributed by atoms with Gasteiger partial charge in [-0.25, -0.2) is 0 Å². The van der Waals surface area contributed by atoms with Crippen LogP contribution >= 0.6 is 15.9 Å². The third-order valence-corrected chi connectivity index (χ3v) is 5.07. The Bertz CT molecular complexity index is 204. The molecule has 0 N–H and O–H groups in total. The zero-order valence-corrected chi connectivity index (χ0v) is 16.7. The van der Waals surface area contributed by atoms with E-state index in [0.717, 1.165) is 5.33 Å². The van der Waals surface area contributed by atoms with E-state index < -0.39 is 0 Å². The van der Waals surface area contributed by atoms with Crippen LogP contribution in [-0.2, 0) is 0 Å². The van der Waals surface area contributed by atoms with E-state index in [2.05, 4.69) is 36.9 Å². The van der Waals surface area contributed by atoms with Crippen molar-refractivity contribution < 1.29 is 4.48 Å². The van der Waals surface area contributed by atoms with Crippen LogP contribution in [0.1, 0.15) is 90.4 Å². The molecule has 0 aromatic rings. The number of alkyl halides is 1. The van der Waals surface area contributed by atoms with Crippen molar-refractivity contribution in [2.45, 2.75) is 90.4 Å². The lowest BCUT2D eigenvalue weighted by atomic mass is 10.1. The minimum atomic E-state index is 1.15. The SMILES string of the molecule is CCCCCCCCCCCCCC[N+](C)(C)CCCBr. The molecule has 21 heavy (non-hydrogen) atoms. The van der Waals surface area contributed by atoms with E-state index in [1.165, 1.54) is 101 Å². The molecule has 1 nitrogen and oxygen atoms in total. The molecule has 0 aliphatic heterocycles. The van der Waals surface area contributed by atoms with E-state index in [0.29, 0.717) is 0 Å². The zero-order chi connectivity index (χ0) is 15.8. The van der Waals surface area contributed by atoms with Crippen molar-refractivity contribution in [3.63, 3.8) is 0 Å². The van der Waals surface area contributed by atoms with Gasteiger partial charge < -0.3 is 4.48 Å². The van der Waals surface area contributed by atoms with E-state index in [4.69, 9.17) is 0 Å². The molecule has 2 heteroatoms. The Morgan fingerprint density at radius 2 is 0.952 bits per heavy atom. The maximum Gasteiger partial charge on any atom is 0.0790 e. The van der Waals surface area contributed by atoms with Crippen LogP contribution in [0.15, 0.2) is 0 Å². The first-order chi connectivity index (χ1) is 10.1. The molecule has 0 fully saturated rings. The van der Waals surface area contributed by atoms with Crippen molar-refractivity contribution in [3.05, 3.63) is 0 Å². The average Bonchev–Trinajstić information content (AvgIpc) is 2.46. The molecule has 0 heterocycles. The summed E-state index contributed by atoms with van der Waals surface area (Å²) in [6.07, 6.45) is 18.7. The second-order valence-electron chi connectivity index (χ2n) is 7.31. The Morgan fingerprint density at radius 3 is 1.38 bits per heavy atom. The molecular formula is C19H41BrN+. The smallest absolute Gasteiger partial charge is 0.0790 e. The highest BCUT2D eigenvalue weighted by Crippen LogP contribution is 2.13. The molecule has 0 aromatic carbocycles. The van der Waals surface area contributed by atoms with Gasteiger partial charge >= 0.3 is 0 Å². The van der Waals surface area contributed by atoms with Gasteiger partial charge in [0.25, 0.3) is 0 Å². The quantitative estimate of drug-likeness (QED) is 0.166. The largest absolute Gasteiger partial charge is 0.328 e. The van der Waals surface area contributed by atoms with Gasteiger partial charge in [-0.1, -0.05) is 87.1 Å². The van der Waals surface area contributed by atoms with Crippen molar-refractivity contribution in [3.8, 4) is 0 Å². The fraction of sp³-hybridized carbons (Fsp3) is 1.00. The van der Waals surface area contributed by atoms with Gasteiger partial charge in [0.05, 0.1) is 27.2 Å². The van der Waals surface area contributed by atoms with E-state index in [-0.39, 0.29) is 0 Å². The molecule has 0 saturated heterocycles. The summed E-state index contributed by atoms with van der Waals surface area (Å²) in [6, 6.07) is 0. The fourth-order valence-electron chi connectivity index (χ4n) is 2.98. The van der Waals surface area contributed by atoms with Crippen molar-refractivity contribution in [2.24, 2.45) is 0 Å². The number of rotatable bonds is 16. The molecule has 0 radical (unpaired) electrons. The molecule has 128 valence electrons. The second-order valence-corrected chi connectivity index (χ2v) is 8.11. The summed E-state index contributed by atoms with van der Waals surface area (Å²) in [7, 11) is 4.75. The first-order valence-corrected chi connectivity index (χ1v) is 10.6. The van der Waals surface area contributed by atoms with Crippen molar-refractivity contribution in [1.29, 1.82) is 0 Å². The maximum absolute atomic E-state index is 3.53. The average molecular weight is 363 g/mol. The summed E-state index contributed by atoms with van der Waals surface area (Å²) < 4.78 is 1.20. The minimum Gasteiger partial charge on any atom is -0.328 e. The number of unbranched alkanes of at least 4 members (excludes halogenated alkanes) is 11. The molecule has 0 bridgehead atoms. The van der Waals surface area contributed by atoms with E-state index in [1.807, 2.05) is 0 Å². The predicted molar refractivity (Wildman–Crippen MR) is 101 cm³/mol. The zero-order valence-electron chi connectivity index (χ0n) is 15.1. The highest BCUT2D eigenvalue weighted by atomic mass is 79.9. The van der Waals surface area contributed by atoms with Gasteiger partial charge in [-0.15, -0.1) is 0 Å². The molecule has 0 aromatic heterocycles. The molecular weight excluding hydrogens is 322 g/mol. The summed E-state index contributed by atoms with van der Waals surface area (Å²) in [5.74, 6) is 0. The normalized spacial score (nSPS) is 12.0. The summed E-state index contributed by atoms with van der Waals surface area (Å²) in [4.78, 5) is 0. The van der Waals surface area contributed by atoms with Crippen LogP contribution in [0.3, 0.4) is 0 Å². The molecule has 0 rings (SSSR count). The summed E-state index contributed by atoms with van der Waals surface area (Å²) in [5.41, 5.74) is 0. The molecule has 0 unspecified atom stereocenters. The lowest BCUT2D eigenvalue weighted by Crippen LogP contribution is -2.41. The van der Waals surface area contributed by atoms with Crippen LogP contribution in [0.25, 0.3) is 0 Å². The molecule has 0 spiro atoms. The Labute approximate surface area is 143 Å². The first kappa shape index (κ1) is 21.4. The summed E-state index contributed by atoms with van der Waals surface area (Å²) in [6.45, 7) is 4.95. The Kier molecular flexibility index (Phi) is 15.7. The van der Waals surface area contributed by atoms with Gasteiger partial charge in [0.15, 0.2) is 0 Å². The number of halogens is 1. The van der Waals surface area contributed by atoms with Gasteiger partial charge in [0.1, 0.15) is 0 Å². The number of nitrogens with zero attached hydrogens (tertiary/aromatic N) is 1. The fourth-order valence-corrected chi connectivity index (χ4v) is 3.23. The summed E-state index contributed by atoms with van der Waals surface area (Å²) in [5, 5.41) is 1.15. The topological polar surface area (TPSA) is 0 Å². The van der Waals surface area contributed by atoms with Gasteiger partial charge in [0, 0.05) is 11.8 Å². The van der Waals surface area contributed by atoms with Crippen LogP contribution < -0.4 is 0 Å². The Morgan fingerprint density at radius 1 is 0.571 bits per heavy atom. The highest BCUT2D eigenvalue weighted by Gasteiger charge is 2.12. The first-order valence-electron chi connectivity index (χ1n) is 9.50. The van der Waals surface area contributed by atoms with Gasteiger partial charge in [-0.2, -0.15) is 0 Å². The molecule has 0 aliphatic carbocycles. The molecule has 0 atom stereocenters. The highest BCUT2D eigenvalue weighted by molar-refractivity contribution is 9.09. The van der Waals surface area contributed by atoms with Crippen molar-refractivity contribution in [1.82, 2.24) is 0 Å². The standard InChI is InChI=1S/C19H41BrN/c1-4-5-6-7-8-9-10-11-12-13-14-15-18-21(2,3)19-16-17-20/h4-19H2,1-3H3/q+1. The van der Waals surface area contributed by atoms with Crippen molar-refractivity contribution >= 4 is 15.9 Å². The third-order valence-electron chi connectivity index (χ3n) is 4.51. The van der Waals surface area contributed by atoms with Crippen LogP contribution in [0.5, 0.6) is 0 Å². The maximum atomic E-state index is 3.53. The molecule has 0 amide bonds. The number of hydrogen-bond donors (Lipinski definition) is 0. The predicted octanol–water partition coefficient (Wildman–Crippen LogP) is 6.55. The number of quaternary nitrogens is 1. The van der Waals surface area contributed by atoms with Crippen LogP contribution in [0, 0.1) is 0 Å². The third kappa shape index (κ3) is 16.6. The van der Waals surface area contributed by atoms with Gasteiger partial charge in [-0.3, -0.25) is 0 Å². The van der Waals surface area contributed by atoms with Crippen molar-refractivity contribution in [2.75, 3.05) is 32.5 Å². The molecule has 0 aliphatic rings. The minimum absolute atomic E-state index is 1.15.